The Morgan fingerprint density at radius 2 is 1.66 bits per heavy atom. The third kappa shape index (κ3) is 6.43. The number of amides is 3. The lowest BCUT2D eigenvalue weighted by atomic mass is 9.95. The van der Waals surface area contributed by atoms with E-state index in [1.807, 2.05) is 0 Å². The van der Waals surface area contributed by atoms with Crippen LogP contribution in [0.15, 0.2) is 6.07 Å². The van der Waals surface area contributed by atoms with Crippen LogP contribution >= 0.6 is 0 Å². The summed E-state index contributed by atoms with van der Waals surface area (Å²) in [6.45, 7) is 2.34. The number of aryl methyl sites for hydroxylation is 1. The zero-order chi connectivity index (χ0) is 25.7. The quantitative estimate of drug-likeness (QED) is 0.530. The van der Waals surface area contributed by atoms with Gasteiger partial charge >= 0.3 is 12.0 Å². The highest BCUT2D eigenvalue weighted by molar-refractivity contribution is 5.93. The van der Waals surface area contributed by atoms with Gasteiger partial charge in [-0.2, -0.15) is 4.39 Å². The topological polar surface area (TPSA) is 116 Å². The Morgan fingerprint density at radius 1 is 1.06 bits per heavy atom. The fourth-order valence-electron chi connectivity index (χ4n) is 4.22. The number of carbonyl (C=O) groups is 4. The molecule has 0 saturated carbocycles. The van der Waals surface area contributed by atoms with Crippen LogP contribution in [-0.2, 0) is 14.4 Å². The highest BCUT2D eigenvalue weighted by atomic mass is 19.2. The lowest BCUT2D eigenvalue weighted by molar-refractivity contribution is -0.141. The number of Topliss-reactive ketones (excluding diaryl/α,β-unsaturated/α-hetero) is 1. The predicted molar refractivity (Wildman–Crippen MR) is 116 cm³/mol. The van der Waals surface area contributed by atoms with E-state index < -0.39 is 65.8 Å². The fourth-order valence-corrected chi connectivity index (χ4v) is 4.22. The van der Waals surface area contributed by atoms with Crippen molar-refractivity contribution in [3.63, 3.8) is 0 Å². The molecular formula is C23H28F3N3O6. The highest BCUT2D eigenvalue weighted by Gasteiger charge is 2.33. The van der Waals surface area contributed by atoms with E-state index in [-0.39, 0.29) is 11.6 Å². The molecule has 35 heavy (non-hydrogen) atoms. The normalized spacial score (nSPS) is 17.3. The van der Waals surface area contributed by atoms with E-state index in [9.17, 15) is 32.3 Å². The number of ether oxygens (including phenoxy) is 1. The summed E-state index contributed by atoms with van der Waals surface area (Å²) < 4.78 is 46.4. The number of nitrogens with one attached hydrogen (secondary N) is 1. The Hall–Kier alpha value is -3.31. The van der Waals surface area contributed by atoms with Gasteiger partial charge in [-0.25, -0.2) is 13.6 Å². The number of aliphatic carboxylic acids is 1. The molecule has 0 radical (unpaired) electrons. The van der Waals surface area contributed by atoms with E-state index in [0.717, 1.165) is 12.8 Å². The maximum atomic E-state index is 14.1. The highest BCUT2D eigenvalue weighted by Crippen LogP contribution is 2.27. The van der Waals surface area contributed by atoms with Crippen LogP contribution in [-0.4, -0.2) is 77.4 Å². The zero-order valence-electron chi connectivity index (χ0n) is 19.3. The molecule has 0 spiro atoms. The fraction of sp³-hybridized carbons (Fsp3) is 0.565. The van der Waals surface area contributed by atoms with Gasteiger partial charge < -0.3 is 25.0 Å². The van der Waals surface area contributed by atoms with E-state index in [4.69, 9.17) is 9.84 Å². The first kappa shape index (κ1) is 26.3. The molecule has 2 aliphatic rings. The van der Waals surface area contributed by atoms with Crippen LogP contribution in [0, 0.1) is 30.3 Å². The van der Waals surface area contributed by atoms with Gasteiger partial charge in [-0.05, 0) is 44.2 Å². The van der Waals surface area contributed by atoms with Crippen molar-refractivity contribution in [1.82, 2.24) is 15.1 Å². The van der Waals surface area contributed by atoms with Crippen molar-refractivity contribution in [3.8, 4) is 5.75 Å². The Balaban J connectivity index is 1.57. The van der Waals surface area contributed by atoms with Gasteiger partial charge in [0.25, 0.3) is 0 Å². The van der Waals surface area contributed by atoms with Gasteiger partial charge in [0.05, 0.1) is 6.42 Å². The summed E-state index contributed by atoms with van der Waals surface area (Å²) in [5.74, 6) is -8.68. The molecular weight excluding hydrogens is 471 g/mol. The Kier molecular flexibility index (Phi) is 8.57. The monoisotopic (exact) mass is 499 g/mol. The van der Waals surface area contributed by atoms with E-state index in [0.29, 0.717) is 45.1 Å². The molecule has 12 heteroatoms. The number of likely N-dealkylation sites (tertiary alicyclic amines) is 2. The molecule has 1 aromatic carbocycles. The maximum Gasteiger partial charge on any atom is 0.319 e. The predicted octanol–water partition coefficient (Wildman–Crippen LogP) is 2.25. The van der Waals surface area contributed by atoms with E-state index >= 15 is 0 Å². The molecule has 2 N–H and O–H groups in total. The number of nitrogens with zero attached hydrogens (tertiary/aromatic N) is 2. The summed E-state index contributed by atoms with van der Waals surface area (Å²) in [6, 6.07) is -0.939. The number of carbonyl (C=O) groups excluding carboxylic acids is 3. The minimum Gasteiger partial charge on any atom is -0.481 e. The smallest absolute Gasteiger partial charge is 0.319 e. The zero-order valence-corrected chi connectivity index (χ0v) is 19.3. The summed E-state index contributed by atoms with van der Waals surface area (Å²) in [5.41, 5.74) is -0.240. The molecule has 9 nitrogen and oxygen atoms in total. The van der Waals surface area contributed by atoms with E-state index in [1.165, 1.54) is 6.92 Å². The number of carboxylic acid groups (broad SMARTS) is 1. The SMILES string of the molecule is Cc1cc(F)c(F)c(OCC(=O)[C@H](CC(=O)O)NC(=O)C2CCN(C(=O)N3CCCC3)CC2)c1F. The molecule has 2 aliphatic heterocycles. The number of piperidine rings is 1. The van der Waals surface area contributed by atoms with Gasteiger partial charge in [-0.3, -0.25) is 14.4 Å². The second-order valence-electron chi connectivity index (χ2n) is 8.78. The molecule has 0 aliphatic carbocycles. The Labute approximate surface area is 200 Å². The standard InChI is InChI=1S/C23H28F3N3O6/c1-13-10-15(24)20(26)21(19(13)25)35-12-17(30)16(11-18(31)32)27-22(33)14-4-8-29(9-5-14)23(34)28-6-2-3-7-28/h10,14,16H,2-9,11-12H2,1H3,(H,27,33)(H,31,32)/t16-/m0/s1. The van der Waals surface area contributed by atoms with Gasteiger partial charge in [0.2, 0.25) is 11.7 Å². The van der Waals surface area contributed by atoms with Crippen molar-refractivity contribution in [3.05, 3.63) is 29.1 Å². The largest absolute Gasteiger partial charge is 0.481 e. The average molecular weight is 499 g/mol. The maximum absolute atomic E-state index is 14.1. The Morgan fingerprint density at radius 3 is 2.26 bits per heavy atom. The van der Waals surface area contributed by atoms with Crippen LogP contribution in [0.3, 0.4) is 0 Å². The average Bonchev–Trinajstić information content (AvgIpc) is 3.36. The first-order valence-electron chi connectivity index (χ1n) is 11.4. The van der Waals surface area contributed by atoms with Crippen molar-refractivity contribution in [2.75, 3.05) is 32.8 Å². The van der Waals surface area contributed by atoms with Crippen molar-refractivity contribution in [1.29, 1.82) is 0 Å². The van der Waals surface area contributed by atoms with Gasteiger partial charge in [0.1, 0.15) is 12.6 Å². The lowest BCUT2D eigenvalue weighted by Crippen LogP contribution is -2.50. The van der Waals surface area contributed by atoms with Gasteiger partial charge in [0, 0.05) is 32.1 Å². The molecule has 192 valence electrons. The second kappa shape index (κ2) is 11.4. The van der Waals surface area contributed by atoms with E-state index in [2.05, 4.69) is 5.32 Å². The first-order valence-corrected chi connectivity index (χ1v) is 11.4. The van der Waals surface area contributed by atoms with Crippen molar-refractivity contribution in [2.24, 2.45) is 5.92 Å². The number of hydrogen-bond donors (Lipinski definition) is 2. The number of rotatable bonds is 8. The van der Waals surface area contributed by atoms with Crippen LogP contribution in [0.2, 0.25) is 0 Å². The molecule has 2 heterocycles. The van der Waals surface area contributed by atoms with Crippen molar-refractivity contribution >= 4 is 23.7 Å². The summed E-state index contributed by atoms with van der Waals surface area (Å²) in [6.07, 6.45) is 1.84. The van der Waals surface area contributed by atoms with Crippen LogP contribution < -0.4 is 10.1 Å². The number of ketones is 1. The second-order valence-corrected chi connectivity index (χ2v) is 8.78. The molecule has 0 unspecified atom stereocenters. The van der Waals surface area contributed by atoms with Crippen LogP contribution in [0.4, 0.5) is 18.0 Å². The summed E-state index contributed by atoms with van der Waals surface area (Å²) in [7, 11) is 0. The molecule has 2 fully saturated rings. The molecule has 3 amide bonds. The van der Waals surface area contributed by atoms with Crippen LogP contribution in [0.5, 0.6) is 5.75 Å². The minimum absolute atomic E-state index is 0.0653. The summed E-state index contributed by atoms with van der Waals surface area (Å²) >= 11 is 0. The lowest BCUT2D eigenvalue weighted by Gasteiger charge is -2.34. The summed E-state index contributed by atoms with van der Waals surface area (Å²) in [4.78, 5) is 52.4. The van der Waals surface area contributed by atoms with Gasteiger partial charge in [-0.1, -0.05) is 0 Å². The van der Waals surface area contributed by atoms with Crippen LogP contribution in [0.25, 0.3) is 0 Å². The Bertz CT molecular complexity index is 965. The number of halogens is 3. The molecule has 1 aromatic rings. The third-order valence-corrected chi connectivity index (χ3v) is 6.25. The van der Waals surface area contributed by atoms with Gasteiger partial charge in [-0.15, -0.1) is 0 Å². The van der Waals surface area contributed by atoms with Crippen molar-refractivity contribution in [2.45, 2.75) is 45.1 Å². The van der Waals surface area contributed by atoms with E-state index in [1.54, 1.807) is 9.80 Å². The molecule has 0 aromatic heterocycles. The molecule has 3 rings (SSSR count). The third-order valence-electron chi connectivity index (χ3n) is 6.25. The molecule has 0 bridgehead atoms. The number of benzene rings is 1. The molecule has 2 saturated heterocycles. The van der Waals surface area contributed by atoms with Crippen LogP contribution in [0.1, 0.15) is 37.7 Å². The number of carboxylic acids is 1. The summed E-state index contributed by atoms with van der Waals surface area (Å²) in [5, 5.41) is 11.5. The number of hydrogen-bond acceptors (Lipinski definition) is 5. The van der Waals surface area contributed by atoms with Gasteiger partial charge in [0.15, 0.2) is 23.2 Å². The van der Waals surface area contributed by atoms with Crippen molar-refractivity contribution < 1.29 is 42.2 Å². The molecule has 1 atom stereocenters. The number of urea groups is 1. The minimum atomic E-state index is -1.62. The first-order chi connectivity index (χ1) is 16.6.